The van der Waals surface area contributed by atoms with Crippen LogP contribution in [-0.2, 0) is 18.3 Å². The molecule has 0 atom stereocenters. The minimum atomic E-state index is -0.123. The molecule has 0 radical (unpaired) electrons. The molecule has 11 aromatic rings. The first-order chi connectivity index (χ1) is 34.9. The number of fused-ring (bicyclic) bond motifs is 6. The van der Waals surface area contributed by atoms with Crippen LogP contribution in [0.3, 0.4) is 0 Å². The van der Waals surface area contributed by atoms with Crippen LogP contribution in [0.1, 0.15) is 62.8 Å². The molecule has 1 aromatic heterocycles. The van der Waals surface area contributed by atoms with Crippen LogP contribution in [-0.4, -0.2) is 4.57 Å². The van der Waals surface area contributed by atoms with Crippen molar-refractivity contribution in [3.8, 4) is 61.3 Å². The minimum absolute atomic E-state index is 0.123. The van der Waals surface area contributed by atoms with Gasteiger partial charge >= 0.3 is 0 Å². The molecule has 1 aliphatic carbocycles. The molecule has 0 amide bonds. The SMILES string of the molecule is CCCc1ccc2c(c1)c1cc(CCC)ccc1n2-c1ccc(-c2ccc(-c3ccc(N(c4ccc5c(c4)C(C)(C)c4ccccc4-5)c4ccccc4-c4ccc(-c5ccccc5)cc4)cc3)cc2)cc1. The van der Waals surface area contributed by atoms with E-state index in [0.29, 0.717) is 0 Å². The van der Waals surface area contributed by atoms with Crippen LogP contribution in [0.15, 0.2) is 231 Å². The molecule has 0 spiro atoms. The van der Waals surface area contributed by atoms with Crippen molar-refractivity contribution in [1.82, 2.24) is 4.57 Å². The predicted octanol–water partition coefficient (Wildman–Crippen LogP) is 19.1. The summed E-state index contributed by atoms with van der Waals surface area (Å²) in [5.74, 6) is 0. The standard InChI is InChI=1S/C69H58N2/c1-5-14-47-22-42-67-62(44-47)63-45-48(15-6-2)23-43-68(63)71(67)57-38-34-54(35-39-57)52-26-24-51(25-27-52)53-32-36-56(37-33-53)70(58-40-41-61-60-19-10-12-20-64(60)69(3,4)65(61)46-58)66-21-13-11-18-59(66)55-30-28-50(29-31-55)49-16-8-7-9-17-49/h7-13,16-46H,5-6,14-15H2,1-4H3. The van der Waals surface area contributed by atoms with Crippen LogP contribution >= 0.6 is 0 Å². The Kier molecular flexibility index (Phi) is 11.3. The Morgan fingerprint density at radius 3 is 1.39 bits per heavy atom. The van der Waals surface area contributed by atoms with Crippen LogP contribution < -0.4 is 4.90 Å². The Hall–Kier alpha value is -8.20. The molecule has 12 rings (SSSR count). The van der Waals surface area contributed by atoms with Crippen LogP contribution in [0.25, 0.3) is 83.1 Å². The molecule has 10 aromatic carbocycles. The molecule has 0 saturated carbocycles. The van der Waals surface area contributed by atoms with E-state index in [4.69, 9.17) is 0 Å². The van der Waals surface area contributed by atoms with E-state index >= 15 is 0 Å². The topological polar surface area (TPSA) is 8.17 Å². The number of benzene rings is 10. The fourth-order valence-corrected chi connectivity index (χ4v) is 11.4. The zero-order valence-corrected chi connectivity index (χ0v) is 41.2. The molecule has 0 bridgehead atoms. The van der Waals surface area contributed by atoms with Gasteiger partial charge in [-0.15, -0.1) is 0 Å². The average molecular weight is 915 g/mol. The van der Waals surface area contributed by atoms with Gasteiger partial charge in [-0.25, -0.2) is 0 Å². The molecule has 1 heterocycles. The maximum atomic E-state index is 2.45. The predicted molar refractivity (Wildman–Crippen MR) is 303 cm³/mol. The maximum absolute atomic E-state index is 2.45. The van der Waals surface area contributed by atoms with Gasteiger partial charge in [0.15, 0.2) is 0 Å². The molecular formula is C69H58N2. The van der Waals surface area contributed by atoms with E-state index in [1.165, 1.54) is 105 Å². The van der Waals surface area contributed by atoms with Gasteiger partial charge in [-0.1, -0.05) is 204 Å². The first kappa shape index (κ1) is 44.0. The number of aryl methyl sites for hydroxylation is 2. The van der Waals surface area contributed by atoms with Crippen molar-refractivity contribution in [1.29, 1.82) is 0 Å². The van der Waals surface area contributed by atoms with Gasteiger partial charge in [0, 0.05) is 38.8 Å². The molecule has 2 nitrogen and oxygen atoms in total. The molecule has 0 fully saturated rings. The summed E-state index contributed by atoms with van der Waals surface area (Å²) >= 11 is 0. The first-order valence-corrected chi connectivity index (χ1v) is 25.5. The Morgan fingerprint density at radius 1 is 0.366 bits per heavy atom. The van der Waals surface area contributed by atoms with Crippen LogP contribution in [0, 0.1) is 0 Å². The third-order valence-corrected chi connectivity index (χ3v) is 15.0. The van der Waals surface area contributed by atoms with Crippen LogP contribution in [0.5, 0.6) is 0 Å². The van der Waals surface area contributed by atoms with E-state index in [9.17, 15) is 0 Å². The van der Waals surface area contributed by atoms with Gasteiger partial charge < -0.3 is 9.47 Å². The fraction of sp³-hybridized carbons (Fsp3) is 0.130. The van der Waals surface area contributed by atoms with E-state index in [1.54, 1.807) is 0 Å². The highest BCUT2D eigenvalue weighted by Crippen LogP contribution is 2.51. The third-order valence-electron chi connectivity index (χ3n) is 15.0. The van der Waals surface area contributed by atoms with Gasteiger partial charge in [0.1, 0.15) is 0 Å². The molecule has 0 saturated heterocycles. The number of hydrogen-bond acceptors (Lipinski definition) is 1. The van der Waals surface area contributed by atoms with Crippen molar-refractivity contribution in [3.63, 3.8) is 0 Å². The normalized spacial score (nSPS) is 12.6. The Bertz CT molecular complexity index is 3640. The number of hydrogen-bond donors (Lipinski definition) is 0. The number of nitrogens with zero attached hydrogens (tertiary/aromatic N) is 2. The number of anilines is 3. The molecule has 0 N–H and O–H groups in total. The lowest BCUT2D eigenvalue weighted by molar-refractivity contribution is 0.660. The minimum Gasteiger partial charge on any atom is -0.310 e. The number of rotatable bonds is 12. The summed E-state index contributed by atoms with van der Waals surface area (Å²) in [5, 5.41) is 2.69. The van der Waals surface area contributed by atoms with Gasteiger partial charge in [-0.3, -0.25) is 0 Å². The second-order valence-electron chi connectivity index (χ2n) is 19.9. The molecule has 71 heavy (non-hydrogen) atoms. The van der Waals surface area contributed by atoms with Crippen molar-refractivity contribution in [2.45, 2.75) is 58.8 Å². The highest BCUT2D eigenvalue weighted by molar-refractivity contribution is 6.10. The third kappa shape index (κ3) is 7.94. The number of aromatic nitrogens is 1. The van der Waals surface area contributed by atoms with Crippen LogP contribution in [0.2, 0.25) is 0 Å². The van der Waals surface area contributed by atoms with E-state index in [2.05, 4.69) is 268 Å². The molecule has 0 unspecified atom stereocenters. The Morgan fingerprint density at radius 2 is 0.817 bits per heavy atom. The van der Waals surface area contributed by atoms with Crippen molar-refractivity contribution in [3.05, 3.63) is 253 Å². The summed E-state index contributed by atoms with van der Waals surface area (Å²) in [5.41, 5.74) is 24.7. The lowest BCUT2D eigenvalue weighted by Gasteiger charge is -2.30. The zero-order chi connectivity index (χ0) is 48.1. The van der Waals surface area contributed by atoms with Gasteiger partial charge in [0.2, 0.25) is 0 Å². The van der Waals surface area contributed by atoms with Crippen LogP contribution in [0.4, 0.5) is 17.1 Å². The monoisotopic (exact) mass is 914 g/mol. The summed E-state index contributed by atoms with van der Waals surface area (Å²) in [6, 6.07) is 85.9. The smallest absolute Gasteiger partial charge is 0.0541 e. The second kappa shape index (κ2) is 18.3. The fourth-order valence-electron chi connectivity index (χ4n) is 11.4. The lowest BCUT2D eigenvalue weighted by atomic mass is 9.82. The molecule has 1 aliphatic rings. The quantitative estimate of drug-likeness (QED) is 0.119. The van der Waals surface area contributed by atoms with Gasteiger partial charge in [-0.05, 0) is 152 Å². The maximum Gasteiger partial charge on any atom is 0.0541 e. The highest BCUT2D eigenvalue weighted by Gasteiger charge is 2.36. The van der Waals surface area contributed by atoms with Gasteiger partial charge in [-0.2, -0.15) is 0 Å². The van der Waals surface area contributed by atoms with Crippen molar-refractivity contribution in [2.75, 3.05) is 4.90 Å². The van der Waals surface area contributed by atoms with Crippen molar-refractivity contribution in [2.24, 2.45) is 0 Å². The zero-order valence-electron chi connectivity index (χ0n) is 41.2. The van der Waals surface area contributed by atoms with E-state index < -0.39 is 0 Å². The lowest BCUT2D eigenvalue weighted by Crippen LogP contribution is -2.16. The van der Waals surface area contributed by atoms with Crippen molar-refractivity contribution >= 4 is 38.9 Å². The average Bonchev–Trinajstić information content (AvgIpc) is 3.86. The van der Waals surface area contributed by atoms with E-state index in [1.807, 2.05) is 0 Å². The summed E-state index contributed by atoms with van der Waals surface area (Å²) in [6.45, 7) is 9.25. The van der Waals surface area contributed by atoms with E-state index in [-0.39, 0.29) is 5.41 Å². The highest BCUT2D eigenvalue weighted by atomic mass is 15.1. The Balaban J connectivity index is 0.866. The largest absolute Gasteiger partial charge is 0.310 e. The summed E-state index contributed by atoms with van der Waals surface area (Å²) in [4.78, 5) is 2.45. The van der Waals surface area contributed by atoms with Crippen molar-refractivity contribution < 1.29 is 0 Å². The summed E-state index contributed by atoms with van der Waals surface area (Å²) in [7, 11) is 0. The van der Waals surface area contributed by atoms with E-state index in [0.717, 1.165) is 42.7 Å². The van der Waals surface area contributed by atoms with Gasteiger partial charge in [0.25, 0.3) is 0 Å². The molecule has 0 aliphatic heterocycles. The first-order valence-electron chi connectivity index (χ1n) is 25.5. The summed E-state index contributed by atoms with van der Waals surface area (Å²) < 4.78 is 2.44. The summed E-state index contributed by atoms with van der Waals surface area (Å²) in [6.07, 6.45) is 4.49. The Labute approximate surface area is 419 Å². The molecule has 344 valence electrons. The molecular weight excluding hydrogens is 857 g/mol. The van der Waals surface area contributed by atoms with Gasteiger partial charge in [0.05, 0.1) is 16.7 Å². The second-order valence-corrected chi connectivity index (χ2v) is 19.9. The molecule has 2 heteroatoms. The number of para-hydroxylation sites is 1.